The topological polar surface area (TPSA) is 71.2 Å². The summed E-state index contributed by atoms with van der Waals surface area (Å²) in [5.41, 5.74) is 5.67. The predicted molar refractivity (Wildman–Crippen MR) is 73.1 cm³/mol. The lowest BCUT2D eigenvalue weighted by Gasteiger charge is -2.34. The van der Waals surface area contributed by atoms with Crippen LogP contribution in [0.5, 0.6) is 0 Å². The van der Waals surface area contributed by atoms with Gasteiger partial charge in [0.25, 0.3) is 0 Å². The molecule has 94 valence electrons. The number of piperazine rings is 1. The van der Waals surface area contributed by atoms with E-state index in [0.29, 0.717) is 38.7 Å². The fourth-order valence-electron chi connectivity index (χ4n) is 1.47. The Kier molecular flexibility index (Phi) is 7.18. The van der Waals surface area contributed by atoms with Gasteiger partial charge < -0.3 is 20.3 Å². The van der Waals surface area contributed by atoms with Crippen LogP contribution in [0.2, 0.25) is 0 Å². The Morgan fingerprint density at radius 3 is 2.25 bits per heavy atom. The van der Waals surface area contributed by atoms with E-state index in [1.807, 2.05) is 4.90 Å². The molecule has 1 aliphatic heterocycles. The van der Waals surface area contributed by atoms with E-state index in [0.717, 1.165) is 0 Å². The van der Waals surface area contributed by atoms with E-state index in [4.69, 9.17) is 10.5 Å². The summed E-state index contributed by atoms with van der Waals surface area (Å²) in [6.07, 6.45) is -0.246. The molecule has 6 nitrogen and oxygen atoms in total. The first-order valence-electron chi connectivity index (χ1n) is 5.08. The molecule has 0 atom stereocenters. The molecule has 0 aromatic rings. The Morgan fingerprint density at radius 1 is 1.31 bits per heavy atom. The quantitative estimate of drug-likeness (QED) is 0.423. The monoisotopic (exact) mass is 342 g/mol. The van der Waals surface area contributed by atoms with Gasteiger partial charge in [-0.05, 0) is 6.92 Å². The van der Waals surface area contributed by atoms with E-state index in [2.05, 4.69) is 4.99 Å². The molecular formula is C9H19IN4O2. The number of halogens is 1. The van der Waals surface area contributed by atoms with Crippen molar-refractivity contribution in [3.8, 4) is 0 Å². The number of rotatable bonds is 1. The highest BCUT2D eigenvalue weighted by Gasteiger charge is 2.22. The van der Waals surface area contributed by atoms with Crippen LogP contribution in [-0.4, -0.2) is 61.7 Å². The molecule has 1 saturated heterocycles. The highest BCUT2D eigenvalue weighted by atomic mass is 127. The Morgan fingerprint density at radius 2 is 1.81 bits per heavy atom. The molecule has 0 radical (unpaired) electrons. The smallest absolute Gasteiger partial charge is 0.409 e. The van der Waals surface area contributed by atoms with Crippen LogP contribution in [0.25, 0.3) is 0 Å². The van der Waals surface area contributed by atoms with Gasteiger partial charge >= 0.3 is 6.09 Å². The standard InChI is InChI=1S/C9H18N4O2.HI/c1-3-15-9(14)13-6-4-12(5-7-13)8(10)11-2;/h3-7H2,1-2H3,(H2,10,11);1H. The molecule has 7 heteroatoms. The number of aliphatic imine (C=N–C) groups is 1. The lowest BCUT2D eigenvalue weighted by molar-refractivity contribution is 0.0918. The molecule has 1 amide bonds. The first kappa shape index (κ1) is 15.3. The van der Waals surface area contributed by atoms with Crippen molar-refractivity contribution in [2.45, 2.75) is 6.92 Å². The van der Waals surface area contributed by atoms with Crippen molar-refractivity contribution in [2.24, 2.45) is 10.7 Å². The van der Waals surface area contributed by atoms with E-state index in [1.165, 1.54) is 0 Å². The molecule has 1 heterocycles. The van der Waals surface area contributed by atoms with Crippen molar-refractivity contribution < 1.29 is 9.53 Å². The molecule has 0 bridgehead atoms. The van der Waals surface area contributed by atoms with Crippen LogP contribution in [0.15, 0.2) is 4.99 Å². The average molecular weight is 342 g/mol. The molecule has 0 spiro atoms. The number of nitrogens with two attached hydrogens (primary N) is 1. The fraction of sp³-hybridized carbons (Fsp3) is 0.778. The minimum atomic E-state index is -0.246. The molecule has 1 fully saturated rings. The maximum atomic E-state index is 11.4. The van der Waals surface area contributed by atoms with Gasteiger partial charge in [0.2, 0.25) is 0 Å². The van der Waals surface area contributed by atoms with Gasteiger partial charge in [0.05, 0.1) is 6.61 Å². The van der Waals surface area contributed by atoms with Crippen LogP contribution in [-0.2, 0) is 4.74 Å². The van der Waals surface area contributed by atoms with Crippen molar-refractivity contribution >= 4 is 36.0 Å². The van der Waals surface area contributed by atoms with E-state index in [-0.39, 0.29) is 30.1 Å². The normalized spacial score (nSPS) is 16.8. The Bertz CT molecular complexity index is 252. The van der Waals surface area contributed by atoms with Crippen molar-refractivity contribution in [1.29, 1.82) is 0 Å². The fourth-order valence-corrected chi connectivity index (χ4v) is 1.47. The SMILES string of the molecule is CCOC(=O)N1CCN(C(N)=NC)CC1.I. The predicted octanol–water partition coefficient (Wildman–Crippen LogP) is 0.323. The van der Waals surface area contributed by atoms with Crippen LogP contribution < -0.4 is 5.73 Å². The molecule has 16 heavy (non-hydrogen) atoms. The second kappa shape index (κ2) is 7.53. The minimum Gasteiger partial charge on any atom is -0.450 e. The maximum absolute atomic E-state index is 11.4. The summed E-state index contributed by atoms with van der Waals surface area (Å²) in [6.45, 7) is 4.90. The summed E-state index contributed by atoms with van der Waals surface area (Å²) in [5.74, 6) is 0.526. The first-order chi connectivity index (χ1) is 7.19. The van der Waals surface area contributed by atoms with Crippen molar-refractivity contribution in [1.82, 2.24) is 9.80 Å². The van der Waals surface area contributed by atoms with Gasteiger partial charge in [0.15, 0.2) is 5.96 Å². The Hall–Kier alpha value is -0.730. The summed E-state index contributed by atoms with van der Waals surface area (Å²) in [6, 6.07) is 0. The zero-order valence-electron chi connectivity index (χ0n) is 9.68. The molecule has 1 aliphatic rings. The lowest BCUT2D eigenvalue weighted by atomic mass is 10.3. The summed E-state index contributed by atoms with van der Waals surface area (Å²) < 4.78 is 4.91. The van der Waals surface area contributed by atoms with Gasteiger partial charge in [-0.3, -0.25) is 4.99 Å². The van der Waals surface area contributed by atoms with Crippen LogP contribution in [0.3, 0.4) is 0 Å². The zero-order valence-corrected chi connectivity index (χ0v) is 12.0. The van der Waals surface area contributed by atoms with Gasteiger partial charge in [-0.2, -0.15) is 0 Å². The second-order valence-corrected chi connectivity index (χ2v) is 3.25. The number of amides is 1. The number of nitrogens with zero attached hydrogens (tertiary/aromatic N) is 3. The molecule has 0 aromatic heterocycles. The third-order valence-electron chi connectivity index (χ3n) is 2.36. The van der Waals surface area contributed by atoms with Gasteiger partial charge in [-0.1, -0.05) is 0 Å². The van der Waals surface area contributed by atoms with Crippen molar-refractivity contribution in [2.75, 3.05) is 39.8 Å². The van der Waals surface area contributed by atoms with Crippen molar-refractivity contribution in [3.05, 3.63) is 0 Å². The number of carbonyl (C=O) groups excluding carboxylic acids is 1. The van der Waals surface area contributed by atoms with Crippen LogP contribution in [0, 0.1) is 0 Å². The molecule has 1 rings (SSSR count). The molecule has 2 N–H and O–H groups in total. The number of guanidine groups is 1. The van der Waals surface area contributed by atoms with Gasteiger partial charge in [-0.15, -0.1) is 24.0 Å². The van der Waals surface area contributed by atoms with Crippen molar-refractivity contribution in [3.63, 3.8) is 0 Å². The van der Waals surface area contributed by atoms with Gasteiger partial charge in [-0.25, -0.2) is 4.79 Å². The van der Waals surface area contributed by atoms with Gasteiger partial charge in [0.1, 0.15) is 0 Å². The number of carbonyl (C=O) groups is 1. The van der Waals surface area contributed by atoms with Gasteiger partial charge in [0, 0.05) is 33.2 Å². The molecular weight excluding hydrogens is 323 g/mol. The number of hydrogen-bond acceptors (Lipinski definition) is 3. The highest BCUT2D eigenvalue weighted by molar-refractivity contribution is 14.0. The molecule has 0 saturated carbocycles. The molecule has 0 unspecified atom stereocenters. The van der Waals surface area contributed by atoms with E-state index < -0.39 is 0 Å². The maximum Gasteiger partial charge on any atom is 0.409 e. The Labute approximate surface area is 113 Å². The van der Waals surface area contributed by atoms with Crippen LogP contribution >= 0.6 is 24.0 Å². The largest absolute Gasteiger partial charge is 0.450 e. The second-order valence-electron chi connectivity index (χ2n) is 3.25. The number of hydrogen-bond donors (Lipinski definition) is 1. The summed E-state index contributed by atoms with van der Waals surface area (Å²) in [7, 11) is 1.66. The van der Waals surface area contributed by atoms with Crippen LogP contribution in [0.1, 0.15) is 6.92 Å². The third kappa shape index (κ3) is 4.03. The van der Waals surface area contributed by atoms with E-state index in [1.54, 1.807) is 18.9 Å². The Balaban J connectivity index is 0.00000225. The third-order valence-corrected chi connectivity index (χ3v) is 2.36. The van der Waals surface area contributed by atoms with Crippen LogP contribution in [0.4, 0.5) is 4.79 Å². The summed E-state index contributed by atoms with van der Waals surface area (Å²) in [5, 5.41) is 0. The molecule has 0 aromatic carbocycles. The average Bonchev–Trinajstić information content (AvgIpc) is 2.28. The minimum absolute atomic E-state index is 0. The highest BCUT2D eigenvalue weighted by Crippen LogP contribution is 2.03. The lowest BCUT2D eigenvalue weighted by Crippen LogP contribution is -2.52. The van der Waals surface area contributed by atoms with E-state index in [9.17, 15) is 4.79 Å². The molecule has 0 aliphatic carbocycles. The van der Waals surface area contributed by atoms with E-state index >= 15 is 0 Å². The summed E-state index contributed by atoms with van der Waals surface area (Å²) in [4.78, 5) is 18.9. The summed E-state index contributed by atoms with van der Waals surface area (Å²) >= 11 is 0. The number of ether oxygens (including phenoxy) is 1. The first-order valence-corrected chi connectivity index (χ1v) is 5.08. The zero-order chi connectivity index (χ0) is 11.3.